The first-order valence-corrected chi connectivity index (χ1v) is 22.4. The molecule has 0 saturated heterocycles. The van der Waals surface area contributed by atoms with Gasteiger partial charge in [0.15, 0.2) is 0 Å². The van der Waals surface area contributed by atoms with E-state index >= 15 is 0 Å². The van der Waals surface area contributed by atoms with E-state index in [9.17, 15) is 9.59 Å². The molecule has 0 unspecified atom stereocenters. The molecule has 0 aliphatic heterocycles. The van der Waals surface area contributed by atoms with Crippen molar-refractivity contribution in [2.45, 2.75) is 119 Å². The predicted molar refractivity (Wildman–Crippen MR) is 182 cm³/mol. The second kappa shape index (κ2) is 19.1. The molecule has 0 atom stereocenters. The summed E-state index contributed by atoms with van der Waals surface area (Å²) in [5.74, 6) is -1.42. The van der Waals surface area contributed by atoms with Gasteiger partial charge in [0.2, 0.25) is 0 Å². The third kappa shape index (κ3) is 12.5. The van der Waals surface area contributed by atoms with Crippen LogP contribution in [0.15, 0.2) is 0 Å². The molecule has 0 rings (SSSR count). The molecule has 6 nitrogen and oxygen atoms in total. The number of nitrogens with zero attached hydrogens (tertiary/aromatic N) is 2. The minimum atomic E-state index is -3.03. The number of hydrogen-bond donors (Lipinski definition) is 0. The van der Waals surface area contributed by atoms with E-state index in [1.54, 1.807) is 0 Å². The fraction of sp³-hybridized carbons (Fsp3) is 0.938. The molecule has 0 fully saturated rings. The fourth-order valence-corrected chi connectivity index (χ4v) is 20.2. The quantitative estimate of drug-likeness (QED) is 0.0806. The Morgan fingerprint density at radius 3 is 0.800 bits per heavy atom. The predicted octanol–water partition coefficient (Wildman–Crippen LogP) is 8.85. The van der Waals surface area contributed by atoms with E-state index < -0.39 is 25.6 Å². The molecule has 0 aromatic rings. The average molecular weight is 609 g/mol. The Hall–Kier alpha value is -0.280. The maximum atomic E-state index is 14.1. The summed E-state index contributed by atoms with van der Waals surface area (Å²) in [7, 11) is 8.34. The van der Waals surface area contributed by atoms with E-state index in [0.29, 0.717) is 0 Å². The number of carbonyl (C=O) groups is 2. The van der Waals surface area contributed by atoms with Crippen molar-refractivity contribution in [2.75, 3.05) is 77.7 Å². The van der Waals surface area contributed by atoms with Crippen molar-refractivity contribution in [3.63, 3.8) is 0 Å². The molecule has 0 aliphatic rings. The molecule has 0 spiro atoms. The first kappa shape index (κ1) is 39.7. The van der Waals surface area contributed by atoms with Crippen LogP contribution in [0.25, 0.3) is 0 Å². The molecule has 0 saturated carbocycles. The van der Waals surface area contributed by atoms with E-state index in [1.165, 1.54) is 0 Å². The number of unbranched alkanes of at least 4 members (excludes halogenated alkanes) is 6. The van der Waals surface area contributed by atoms with E-state index in [1.807, 2.05) is 0 Å². The Bertz CT molecular complexity index is 621. The summed E-state index contributed by atoms with van der Waals surface area (Å²) in [4.78, 5) is 32.6. The Morgan fingerprint density at radius 2 is 0.650 bits per heavy atom. The van der Waals surface area contributed by atoms with Gasteiger partial charge in [-0.05, 0) is 0 Å². The molecular weight excluding hydrogens is 538 g/mol. The molecule has 0 aromatic carbocycles. The van der Waals surface area contributed by atoms with Gasteiger partial charge in [0, 0.05) is 0 Å². The maximum absolute atomic E-state index is 14.1. The van der Waals surface area contributed by atoms with Gasteiger partial charge < -0.3 is 0 Å². The van der Waals surface area contributed by atoms with Crippen LogP contribution in [0.4, 0.5) is 0 Å². The number of carbonyl (C=O) groups excluding carboxylic acids is 2. The van der Waals surface area contributed by atoms with Gasteiger partial charge in [-0.15, -0.1) is 0 Å². The Balaban J connectivity index is 6.81. The van der Waals surface area contributed by atoms with Crippen molar-refractivity contribution in [2.24, 2.45) is 0 Å². The fourth-order valence-electron chi connectivity index (χ4n) is 6.75. The van der Waals surface area contributed by atoms with Crippen LogP contribution < -0.4 is 0 Å². The molecule has 0 aliphatic carbocycles. The van der Waals surface area contributed by atoms with E-state index in [2.05, 4.69) is 79.5 Å². The molecule has 0 N–H and O–H groups in total. The molecule has 242 valence electrons. The second-order valence-electron chi connectivity index (χ2n) is 13.4. The average Bonchev–Trinajstić information content (AvgIpc) is 2.90. The van der Waals surface area contributed by atoms with Crippen molar-refractivity contribution >= 4 is 25.6 Å². The first-order chi connectivity index (χ1) is 18.8. The van der Waals surface area contributed by atoms with Crippen molar-refractivity contribution < 1.29 is 18.6 Å². The van der Waals surface area contributed by atoms with Gasteiger partial charge >= 0.3 is 250 Å². The van der Waals surface area contributed by atoms with Gasteiger partial charge in [-0.3, -0.25) is 0 Å². The molecule has 0 aromatic heterocycles. The summed E-state index contributed by atoms with van der Waals surface area (Å²) in [5.41, 5.74) is 0. The number of hydrogen-bond acceptors (Lipinski definition) is 6. The van der Waals surface area contributed by atoms with Crippen molar-refractivity contribution in [3.8, 4) is 0 Å². The van der Waals surface area contributed by atoms with Crippen molar-refractivity contribution in [1.82, 2.24) is 9.80 Å². The molecular formula is C32H70N2O4P2. The van der Waals surface area contributed by atoms with Crippen LogP contribution in [0, 0.1) is 0 Å². The van der Waals surface area contributed by atoms with Gasteiger partial charge in [0.05, 0.1) is 0 Å². The van der Waals surface area contributed by atoms with E-state index in [0.717, 1.165) is 127 Å². The molecule has 40 heavy (non-hydrogen) atoms. The van der Waals surface area contributed by atoms with Gasteiger partial charge in [-0.2, -0.15) is 0 Å². The zero-order valence-corrected chi connectivity index (χ0v) is 30.4. The summed E-state index contributed by atoms with van der Waals surface area (Å²) >= 11 is 0. The molecule has 0 radical (unpaired) electrons. The Labute approximate surface area is 250 Å². The monoisotopic (exact) mass is 608 g/mol. The van der Waals surface area contributed by atoms with Gasteiger partial charge in [-0.25, -0.2) is 0 Å². The summed E-state index contributed by atoms with van der Waals surface area (Å²) < 4.78 is 13.6. The molecule has 0 heterocycles. The number of rotatable bonds is 24. The van der Waals surface area contributed by atoms with Crippen LogP contribution in [0.2, 0.25) is 0 Å². The standard InChI is InChI=1S/C32H70N2O4P2/c1-11-17-23-39(24-18-12-2,25-19-13-3,29-33(7)8)37-31(35)32(36)38-40(26-20-14-4,27-21-15-5,28-22-16-6)30-34(9)10/h11-30H2,1-10H3. The third-order valence-corrected chi connectivity index (χ3v) is 21.2. The minimum absolute atomic E-state index is 0.708. The van der Waals surface area contributed by atoms with Crippen LogP contribution in [-0.4, -0.2) is 99.5 Å². The topological polar surface area (TPSA) is 59.1 Å². The first-order valence-electron chi connectivity index (χ1n) is 16.6. The van der Waals surface area contributed by atoms with Crippen molar-refractivity contribution in [3.05, 3.63) is 0 Å². The summed E-state index contributed by atoms with van der Waals surface area (Å²) in [5, 5.41) is 0. The third-order valence-electron chi connectivity index (χ3n) is 8.59. The summed E-state index contributed by atoms with van der Waals surface area (Å²) in [6.45, 7) is 7.16. The van der Waals surface area contributed by atoms with Crippen LogP contribution in [0.5, 0.6) is 0 Å². The van der Waals surface area contributed by atoms with Crippen LogP contribution in [-0.2, 0) is 18.6 Å². The van der Waals surface area contributed by atoms with Gasteiger partial charge in [0.25, 0.3) is 0 Å². The normalized spacial score (nSPS) is 14.5. The SMILES string of the molecule is CCCCP(CCCC)(CCCC)(CN(C)C)OC(=O)C(=O)OP(CCCC)(CCCC)(CCCC)CN(C)C. The molecule has 0 amide bonds. The zero-order valence-electron chi connectivity index (χ0n) is 28.6. The molecule has 8 heteroatoms. The second-order valence-corrected chi connectivity index (χ2v) is 24.4. The van der Waals surface area contributed by atoms with E-state index in [4.69, 9.17) is 9.05 Å². The Kier molecular flexibility index (Phi) is 19.0. The summed E-state index contributed by atoms with van der Waals surface area (Å²) in [6, 6.07) is 0. The van der Waals surface area contributed by atoms with Crippen molar-refractivity contribution in [1.29, 1.82) is 0 Å². The van der Waals surface area contributed by atoms with E-state index in [-0.39, 0.29) is 0 Å². The van der Waals surface area contributed by atoms with Crippen LogP contribution in [0.3, 0.4) is 0 Å². The van der Waals surface area contributed by atoms with Gasteiger partial charge in [-0.1, -0.05) is 0 Å². The zero-order chi connectivity index (χ0) is 30.8. The summed E-state index contributed by atoms with van der Waals surface area (Å²) in [6.07, 6.45) is 19.4. The van der Waals surface area contributed by atoms with Crippen LogP contribution >= 0.6 is 13.7 Å². The Morgan fingerprint density at radius 1 is 0.450 bits per heavy atom. The van der Waals surface area contributed by atoms with Crippen LogP contribution in [0.1, 0.15) is 119 Å². The molecule has 0 bridgehead atoms. The van der Waals surface area contributed by atoms with Gasteiger partial charge in [0.1, 0.15) is 0 Å².